The summed E-state index contributed by atoms with van der Waals surface area (Å²) in [6.45, 7) is 0. The lowest BCUT2D eigenvalue weighted by Gasteiger charge is -2.11. The lowest BCUT2D eigenvalue weighted by Crippen LogP contribution is -2.48. The number of halogens is 2. The zero-order chi connectivity index (χ0) is 17.5. The van der Waals surface area contributed by atoms with Gasteiger partial charge >= 0.3 is 0 Å². The molecule has 24 heavy (non-hydrogen) atoms. The molecule has 0 saturated carbocycles. The third kappa shape index (κ3) is 5.49. The molecule has 5 nitrogen and oxygen atoms in total. The molecule has 0 unspecified atom stereocenters. The number of carbonyl (C=O) groups excluding carboxylic acids is 2. The van der Waals surface area contributed by atoms with Gasteiger partial charge in [0.2, 0.25) is 5.91 Å². The van der Waals surface area contributed by atoms with Crippen LogP contribution in [0.4, 0.5) is 0 Å². The Morgan fingerprint density at radius 1 is 0.958 bits per heavy atom. The van der Waals surface area contributed by atoms with Gasteiger partial charge in [-0.05, 0) is 42.0 Å². The number of benzene rings is 2. The van der Waals surface area contributed by atoms with Crippen LogP contribution in [0.15, 0.2) is 48.5 Å². The predicted octanol–water partition coefficient (Wildman–Crippen LogP) is 2.87. The normalized spacial score (nSPS) is 9.92. The van der Waals surface area contributed by atoms with E-state index in [9.17, 15) is 9.59 Å². The van der Waals surface area contributed by atoms with Gasteiger partial charge in [-0.25, -0.2) is 0 Å². The quantitative estimate of drug-likeness (QED) is 0.564. The molecule has 3 N–H and O–H groups in total. The molecule has 124 valence electrons. The van der Waals surface area contributed by atoms with Gasteiger partial charge in [-0.1, -0.05) is 47.5 Å². The molecule has 2 aromatic carbocycles. The number of carbonyl (C=O) groups is 2. The molecule has 0 aliphatic rings. The van der Waals surface area contributed by atoms with Crippen molar-refractivity contribution in [3.05, 3.63) is 69.7 Å². The van der Waals surface area contributed by atoms with Crippen molar-refractivity contribution < 1.29 is 9.59 Å². The third-order valence-electron chi connectivity index (χ3n) is 2.94. The van der Waals surface area contributed by atoms with Crippen LogP contribution >= 0.6 is 35.4 Å². The van der Waals surface area contributed by atoms with Gasteiger partial charge in [-0.15, -0.1) is 0 Å². The minimum absolute atomic E-state index is 0.0376. The van der Waals surface area contributed by atoms with E-state index in [1.54, 1.807) is 48.5 Å². The van der Waals surface area contributed by atoms with Crippen molar-refractivity contribution in [2.75, 3.05) is 0 Å². The molecule has 0 atom stereocenters. The first-order valence-corrected chi connectivity index (χ1v) is 8.01. The van der Waals surface area contributed by atoms with Crippen LogP contribution < -0.4 is 16.2 Å². The van der Waals surface area contributed by atoms with E-state index in [0.717, 1.165) is 5.56 Å². The maximum atomic E-state index is 12.0. The molecular formula is C16H13Cl2N3O2S. The van der Waals surface area contributed by atoms with E-state index < -0.39 is 5.91 Å². The SMILES string of the molecule is O=C(Cc1ccc(Cl)cc1)NNC(=S)NC(=O)c1ccccc1Cl. The fourth-order valence-corrected chi connectivity index (χ4v) is 2.30. The highest BCUT2D eigenvalue weighted by Crippen LogP contribution is 2.14. The summed E-state index contributed by atoms with van der Waals surface area (Å²) in [5, 5.41) is 3.30. The van der Waals surface area contributed by atoms with Crippen LogP contribution in [0, 0.1) is 0 Å². The van der Waals surface area contributed by atoms with E-state index in [1.807, 2.05) is 0 Å². The molecule has 0 aliphatic carbocycles. The molecule has 2 amide bonds. The lowest BCUT2D eigenvalue weighted by atomic mass is 10.1. The van der Waals surface area contributed by atoms with E-state index in [0.29, 0.717) is 10.0 Å². The van der Waals surface area contributed by atoms with Crippen molar-refractivity contribution in [3.8, 4) is 0 Å². The van der Waals surface area contributed by atoms with Gasteiger partial charge in [0.15, 0.2) is 5.11 Å². The minimum Gasteiger partial charge on any atom is -0.298 e. The number of hydrogen-bond donors (Lipinski definition) is 3. The summed E-state index contributed by atoms with van der Waals surface area (Å²) in [6.07, 6.45) is 0.144. The van der Waals surface area contributed by atoms with Gasteiger partial charge in [0.1, 0.15) is 0 Å². The Bertz CT molecular complexity index is 766. The highest BCUT2D eigenvalue weighted by molar-refractivity contribution is 7.80. The Hall–Kier alpha value is -2.15. The summed E-state index contributed by atoms with van der Waals surface area (Å²) in [5.74, 6) is -0.781. The number of hydrazine groups is 1. The first-order chi connectivity index (χ1) is 11.5. The average Bonchev–Trinajstić information content (AvgIpc) is 2.55. The topological polar surface area (TPSA) is 70.2 Å². The van der Waals surface area contributed by atoms with Crippen molar-refractivity contribution in [2.45, 2.75) is 6.42 Å². The maximum Gasteiger partial charge on any atom is 0.258 e. The van der Waals surface area contributed by atoms with Crippen molar-refractivity contribution in [2.24, 2.45) is 0 Å². The molecule has 0 aromatic heterocycles. The standard InChI is InChI=1S/C16H13Cl2N3O2S/c17-11-7-5-10(6-8-11)9-14(22)20-21-16(24)19-15(23)12-3-1-2-4-13(12)18/h1-8H,9H2,(H,20,22)(H2,19,21,23,24). The van der Waals surface area contributed by atoms with E-state index in [4.69, 9.17) is 35.4 Å². The smallest absolute Gasteiger partial charge is 0.258 e. The molecule has 0 heterocycles. The summed E-state index contributed by atoms with van der Waals surface area (Å²) in [7, 11) is 0. The number of nitrogens with one attached hydrogen (secondary N) is 3. The van der Waals surface area contributed by atoms with Crippen LogP contribution in [-0.2, 0) is 11.2 Å². The summed E-state index contributed by atoms with van der Waals surface area (Å²) < 4.78 is 0. The molecule has 0 bridgehead atoms. The second-order valence-electron chi connectivity index (χ2n) is 4.74. The highest BCUT2D eigenvalue weighted by atomic mass is 35.5. The Balaban J connectivity index is 1.80. The average molecular weight is 382 g/mol. The first kappa shape index (κ1) is 18.2. The summed E-state index contributed by atoms with van der Waals surface area (Å²) in [4.78, 5) is 23.8. The fourth-order valence-electron chi connectivity index (χ4n) is 1.81. The van der Waals surface area contributed by atoms with Crippen LogP contribution in [0.2, 0.25) is 10.0 Å². The van der Waals surface area contributed by atoms with Gasteiger partial charge in [-0.3, -0.25) is 25.8 Å². The van der Waals surface area contributed by atoms with Crippen molar-refractivity contribution in [1.82, 2.24) is 16.2 Å². The minimum atomic E-state index is -0.468. The van der Waals surface area contributed by atoms with Crippen molar-refractivity contribution in [1.29, 1.82) is 0 Å². The third-order valence-corrected chi connectivity index (χ3v) is 3.72. The highest BCUT2D eigenvalue weighted by Gasteiger charge is 2.11. The summed E-state index contributed by atoms with van der Waals surface area (Å²) in [6, 6.07) is 13.5. The van der Waals surface area contributed by atoms with Crippen LogP contribution in [0.5, 0.6) is 0 Å². The molecule has 0 spiro atoms. The van der Waals surface area contributed by atoms with Gasteiger partial charge < -0.3 is 0 Å². The molecule has 0 fully saturated rings. The zero-order valence-corrected chi connectivity index (χ0v) is 14.6. The molecule has 2 aromatic rings. The molecule has 0 radical (unpaired) electrons. The van der Waals surface area contributed by atoms with E-state index in [-0.39, 0.29) is 23.0 Å². The summed E-state index contributed by atoms with van der Waals surface area (Å²) in [5.41, 5.74) is 5.95. The number of hydrogen-bond acceptors (Lipinski definition) is 3. The van der Waals surface area contributed by atoms with E-state index in [2.05, 4.69) is 16.2 Å². The molecule has 0 aliphatic heterocycles. The monoisotopic (exact) mass is 381 g/mol. The largest absolute Gasteiger partial charge is 0.298 e. The second-order valence-corrected chi connectivity index (χ2v) is 5.99. The van der Waals surface area contributed by atoms with Crippen molar-refractivity contribution >= 4 is 52.3 Å². The number of thiocarbonyl (C=S) groups is 1. The van der Waals surface area contributed by atoms with Crippen LogP contribution in [0.1, 0.15) is 15.9 Å². The number of amides is 2. The molecule has 0 saturated heterocycles. The maximum absolute atomic E-state index is 12.0. The molecule has 2 rings (SSSR count). The first-order valence-electron chi connectivity index (χ1n) is 6.85. The zero-order valence-electron chi connectivity index (χ0n) is 12.3. The Kier molecular flexibility index (Phi) is 6.54. The molecule has 8 heteroatoms. The van der Waals surface area contributed by atoms with Crippen LogP contribution in [0.25, 0.3) is 0 Å². The van der Waals surface area contributed by atoms with E-state index >= 15 is 0 Å². The predicted molar refractivity (Wildman–Crippen MR) is 98.0 cm³/mol. The summed E-state index contributed by atoms with van der Waals surface area (Å²) >= 11 is 16.7. The second kappa shape index (κ2) is 8.63. The molecular weight excluding hydrogens is 369 g/mol. The van der Waals surface area contributed by atoms with Gasteiger partial charge in [0, 0.05) is 5.02 Å². The van der Waals surface area contributed by atoms with Gasteiger partial charge in [0.25, 0.3) is 5.91 Å². The Labute approximate surface area is 154 Å². The number of rotatable bonds is 3. The lowest BCUT2D eigenvalue weighted by molar-refractivity contribution is -0.121. The van der Waals surface area contributed by atoms with Crippen molar-refractivity contribution in [3.63, 3.8) is 0 Å². The van der Waals surface area contributed by atoms with Crippen LogP contribution in [0.3, 0.4) is 0 Å². The Morgan fingerprint density at radius 2 is 1.62 bits per heavy atom. The van der Waals surface area contributed by atoms with Gasteiger partial charge in [-0.2, -0.15) is 0 Å². The van der Waals surface area contributed by atoms with E-state index in [1.165, 1.54) is 0 Å². The Morgan fingerprint density at radius 3 is 2.29 bits per heavy atom. The van der Waals surface area contributed by atoms with Crippen LogP contribution in [-0.4, -0.2) is 16.9 Å². The fraction of sp³-hybridized carbons (Fsp3) is 0.0625. The van der Waals surface area contributed by atoms with Gasteiger partial charge in [0.05, 0.1) is 17.0 Å².